The number of aromatic nitrogens is 2. The maximum Gasteiger partial charge on any atom is 0.253 e. The number of piperazine rings is 1. The van der Waals surface area contributed by atoms with Gasteiger partial charge in [0.2, 0.25) is 5.95 Å². The minimum atomic E-state index is 0.0589. The highest BCUT2D eigenvalue weighted by atomic mass is 16.5. The highest BCUT2D eigenvalue weighted by molar-refractivity contribution is 5.94. The lowest BCUT2D eigenvalue weighted by Crippen LogP contribution is -2.48. The van der Waals surface area contributed by atoms with Gasteiger partial charge in [-0.2, -0.15) is 0 Å². The molecule has 7 heteroatoms. The van der Waals surface area contributed by atoms with Gasteiger partial charge in [0.05, 0.1) is 7.11 Å². The molecule has 3 aromatic rings. The van der Waals surface area contributed by atoms with Gasteiger partial charge in [-0.3, -0.25) is 4.79 Å². The van der Waals surface area contributed by atoms with Crippen LogP contribution in [0.3, 0.4) is 0 Å². The van der Waals surface area contributed by atoms with Crippen LogP contribution in [-0.4, -0.2) is 54.1 Å². The fourth-order valence-electron chi connectivity index (χ4n) is 3.75. The molecule has 1 saturated heterocycles. The van der Waals surface area contributed by atoms with Crippen LogP contribution >= 0.6 is 0 Å². The number of nitrogens with zero attached hydrogens (tertiary/aromatic N) is 4. The van der Waals surface area contributed by atoms with E-state index in [0.29, 0.717) is 24.6 Å². The Labute approximate surface area is 182 Å². The van der Waals surface area contributed by atoms with Gasteiger partial charge in [-0.05, 0) is 68.4 Å². The average molecular weight is 418 g/mol. The molecule has 160 valence electrons. The quantitative estimate of drug-likeness (QED) is 0.681. The molecule has 31 heavy (non-hydrogen) atoms. The van der Waals surface area contributed by atoms with Crippen LogP contribution in [-0.2, 0) is 0 Å². The molecule has 1 amide bonds. The van der Waals surface area contributed by atoms with Crippen molar-refractivity contribution in [2.24, 2.45) is 0 Å². The predicted molar refractivity (Wildman–Crippen MR) is 122 cm³/mol. The number of carbonyl (C=O) groups is 1. The summed E-state index contributed by atoms with van der Waals surface area (Å²) in [7, 11) is 1.67. The smallest absolute Gasteiger partial charge is 0.253 e. The number of rotatable bonds is 5. The number of carbonyl (C=O) groups excluding carboxylic acids is 1. The van der Waals surface area contributed by atoms with E-state index < -0.39 is 0 Å². The number of hydrogen-bond donors (Lipinski definition) is 1. The minimum absolute atomic E-state index is 0.0589. The van der Waals surface area contributed by atoms with Crippen molar-refractivity contribution in [3.8, 4) is 5.75 Å². The Morgan fingerprint density at radius 3 is 2.10 bits per heavy atom. The van der Waals surface area contributed by atoms with Gasteiger partial charge in [-0.25, -0.2) is 9.97 Å². The van der Waals surface area contributed by atoms with Crippen LogP contribution in [0.4, 0.5) is 17.3 Å². The largest absolute Gasteiger partial charge is 0.497 e. The molecular weight excluding hydrogens is 390 g/mol. The molecule has 1 aromatic heterocycles. The fraction of sp³-hybridized carbons (Fsp3) is 0.292. The van der Waals surface area contributed by atoms with E-state index in [1.807, 2.05) is 61.2 Å². The standard InChI is InChI=1S/C24H27N5O2/c1-17-16-18(2)26-24(25-17)27-20-6-4-19(5-7-20)23(30)29-14-12-28(13-15-29)21-8-10-22(31-3)11-9-21/h4-11,16H,12-15H2,1-3H3,(H,25,26,27). The Morgan fingerprint density at radius 2 is 1.52 bits per heavy atom. The molecule has 4 rings (SSSR count). The van der Waals surface area contributed by atoms with Crippen LogP contribution in [0.25, 0.3) is 0 Å². The molecule has 0 radical (unpaired) electrons. The van der Waals surface area contributed by atoms with E-state index in [-0.39, 0.29) is 5.91 Å². The Morgan fingerprint density at radius 1 is 0.903 bits per heavy atom. The molecule has 1 aliphatic rings. The molecule has 0 atom stereocenters. The van der Waals surface area contributed by atoms with Crippen molar-refractivity contribution >= 4 is 23.2 Å². The zero-order chi connectivity index (χ0) is 21.8. The molecule has 0 aliphatic carbocycles. The van der Waals surface area contributed by atoms with E-state index >= 15 is 0 Å². The number of aryl methyl sites for hydroxylation is 2. The highest BCUT2D eigenvalue weighted by Gasteiger charge is 2.22. The van der Waals surface area contributed by atoms with Crippen molar-refractivity contribution in [1.82, 2.24) is 14.9 Å². The first-order valence-corrected chi connectivity index (χ1v) is 10.4. The van der Waals surface area contributed by atoms with E-state index in [4.69, 9.17) is 4.74 Å². The Balaban J connectivity index is 1.35. The highest BCUT2D eigenvalue weighted by Crippen LogP contribution is 2.21. The van der Waals surface area contributed by atoms with Crippen molar-refractivity contribution in [3.63, 3.8) is 0 Å². The van der Waals surface area contributed by atoms with Crippen molar-refractivity contribution < 1.29 is 9.53 Å². The maximum atomic E-state index is 12.9. The lowest BCUT2D eigenvalue weighted by Gasteiger charge is -2.36. The van der Waals surface area contributed by atoms with Crippen LogP contribution in [0.1, 0.15) is 21.7 Å². The van der Waals surface area contributed by atoms with Crippen molar-refractivity contribution in [3.05, 3.63) is 71.5 Å². The second-order valence-corrected chi connectivity index (χ2v) is 7.65. The van der Waals surface area contributed by atoms with Crippen molar-refractivity contribution in [2.45, 2.75) is 13.8 Å². The van der Waals surface area contributed by atoms with Crippen LogP contribution < -0.4 is 15.0 Å². The molecule has 0 saturated carbocycles. The Hall–Kier alpha value is -3.61. The molecule has 0 unspecified atom stereocenters. The number of nitrogens with one attached hydrogen (secondary N) is 1. The van der Waals surface area contributed by atoms with Crippen LogP contribution in [0, 0.1) is 13.8 Å². The fourth-order valence-corrected chi connectivity index (χ4v) is 3.75. The minimum Gasteiger partial charge on any atom is -0.497 e. The zero-order valence-electron chi connectivity index (χ0n) is 18.1. The third kappa shape index (κ3) is 4.94. The van der Waals surface area contributed by atoms with Crippen LogP contribution in [0.15, 0.2) is 54.6 Å². The van der Waals surface area contributed by atoms with E-state index in [1.165, 1.54) is 0 Å². The van der Waals surface area contributed by atoms with Crippen LogP contribution in [0.5, 0.6) is 5.75 Å². The van der Waals surface area contributed by atoms with E-state index in [0.717, 1.165) is 41.6 Å². The van der Waals surface area contributed by atoms with Gasteiger partial charge in [0.1, 0.15) is 5.75 Å². The summed E-state index contributed by atoms with van der Waals surface area (Å²) in [5.41, 5.74) is 4.51. The second-order valence-electron chi connectivity index (χ2n) is 7.65. The van der Waals surface area contributed by atoms with Gasteiger partial charge in [-0.1, -0.05) is 0 Å². The summed E-state index contributed by atoms with van der Waals surface area (Å²) < 4.78 is 5.22. The summed E-state index contributed by atoms with van der Waals surface area (Å²) >= 11 is 0. The number of ether oxygens (including phenoxy) is 1. The second kappa shape index (κ2) is 9.04. The van der Waals surface area contributed by atoms with Gasteiger partial charge in [0, 0.05) is 54.5 Å². The van der Waals surface area contributed by atoms with Gasteiger partial charge in [-0.15, -0.1) is 0 Å². The van der Waals surface area contributed by atoms with Gasteiger partial charge < -0.3 is 19.9 Å². The summed E-state index contributed by atoms with van der Waals surface area (Å²) in [5, 5.41) is 3.20. The third-order valence-electron chi connectivity index (χ3n) is 5.37. The lowest BCUT2D eigenvalue weighted by atomic mass is 10.1. The summed E-state index contributed by atoms with van der Waals surface area (Å²) in [6.45, 7) is 6.89. The predicted octanol–water partition coefficient (Wildman–Crippen LogP) is 3.81. The normalized spacial score (nSPS) is 13.8. The summed E-state index contributed by atoms with van der Waals surface area (Å²) in [6, 6.07) is 17.5. The topological polar surface area (TPSA) is 70.6 Å². The molecule has 2 aromatic carbocycles. The zero-order valence-corrected chi connectivity index (χ0v) is 18.1. The van der Waals surface area contributed by atoms with E-state index in [2.05, 4.69) is 32.3 Å². The number of anilines is 3. The molecule has 1 N–H and O–H groups in total. The number of amides is 1. The van der Waals surface area contributed by atoms with Crippen molar-refractivity contribution in [1.29, 1.82) is 0 Å². The molecular formula is C24H27N5O2. The van der Waals surface area contributed by atoms with Gasteiger partial charge >= 0.3 is 0 Å². The van der Waals surface area contributed by atoms with E-state index in [1.54, 1.807) is 7.11 Å². The molecule has 1 fully saturated rings. The molecule has 1 aliphatic heterocycles. The molecule has 0 spiro atoms. The third-order valence-corrected chi connectivity index (χ3v) is 5.37. The summed E-state index contributed by atoms with van der Waals surface area (Å²) in [5.74, 6) is 1.47. The monoisotopic (exact) mass is 417 g/mol. The van der Waals surface area contributed by atoms with Gasteiger partial charge in [0.25, 0.3) is 5.91 Å². The van der Waals surface area contributed by atoms with Crippen LogP contribution in [0.2, 0.25) is 0 Å². The first kappa shape index (κ1) is 20.7. The Kier molecular flexibility index (Phi) is 6.02. The number of hydrogen-bond acceptors (Lipinski definition) is 6. The first-order valence-electron chi connectivity index (χ1n) is 10.4. The number of benzene rings is 2. The maximum absolute atomic E-state index is 12.9. The number of methoxy groups -OCH3 is 1. The van der Waals surface area contributed by atoms with E-state index in [9.17, 15) is 4.79 Å². The molecule has 7 nitrogen and oxygen atoms in total. The SMILES string of the molecule is COc1ccc(N2CCN(C(=O)c3ccc(Nc4nc(C)cc(C)n4)cc3)CC2)cc1. The molecule has 2 heterocycles. The summed E-state index contributed by atoms with van der Waals surface area (Å²) in [4.78, 5) is 25.9. The van der Waals surface area contributed by atoms with Crippen molar-refractivity contribution in [2.75, 3.05) is 43.5 Å². The summed E-state index contributed by atoms with van der Waals surface area (Å²) in [6.07, 6.45) is 0. The first-order chi connectivity index (χ1) is 15.0. The lowest BCUT2D eigenvalue weighted by molar-refractivity contribution is 0.0747. The average Bonchev–Trinajstić information content (AvgIpc) is 2.79. The molecule has 0 bridgehead atoms. The van der Waals surface area contributed by atoms with Gasteiger partial charge in [0.15, 0.2) is 0 Å². The Bertz CT molecular complexity index is 1020.